The molecule has 78 valence electrons. The lowest BCUT2D eigenvalue weighted by Crippen LogP contribution is -2.29. The lowest BCUT2D eigenvalue weighted by molar-refractivity contribution is 0.0399. The highest BCUT2D eigenvalue weighted by Crippen LogP contribution is 2.95. The smallest absolute Gasteiger partial charge is 0.0605 e. The van der Waals surface area contributed by atoms with Crippen molar-refractivity contribution < 1.29 is 5.11 Å². The van der Waals surface area contributed by atoms with Gasteiger partial charge in [0.05, 0.1) is 6.10 Å². The van der Waals surface area contributed by atoms with Gasteiger partial charge in [-0.3, -0.25) is 0 Å². The molecule has 1 heteroatoms. The summed E-state index contributed by atoms with van der Waals surface area (Å²) in [5, 5.41) is 10.3. The number of hydrogen-bond donors (Lipinski definition) is 1. The molecule has 5 rings (SSSR count). The van der Waals surface area contributed by atoms with Crippen molar-refractivity contribution >= 4 is 0 Å². The Morgan fingerprint density at radius 3 is 2.64 bits per heavy atom. The molecule has 0 aliphatic heterocycles. The average Bonchev–Trinajstić information content (AvgIpc) is 2.32. The molecule has 4 bridgehead atoms. The molecule has 5 fully saturated rings. The van der Waals surface area contributed by atoms with Gasteiger partial charge in [-0.15, -0.1) is 0 Å². The lowest BCUT2D eigenvalue weighted by atomic mass is 9.80. The lowest BCUT2D eigenvalue weighted by Gasteiger charge is -2.29. The van der Waals surface area contributed by atoms with Gasteiger partial charge in [-0.2, -0.15) is 0 Å². The number of aliphatic hydroxyl groups is 1. The Morgan fingerprint density at radius 1 is 1.21 bits per heavy atom. The normalized spacial score (nSPS) is 66.6. The first-order chi connectivity index (χ1) is 6.56. The van der Waals surface area contributed by atoms with E-state index in [2.05, 4.69) is 13.8 Å². The number of hydrogen-bond acceptors (Lipinski definition) is 1. The first kappa shape index (κ1) is 8.15. The highest BCUT2D eigenvalue weighted by Gasteiger charge is 2.91. The minimum atomic E-state index is 0.0491. The Labute approximate surface area is 85.9 Å². The molecular weight excluding hydrogens is 172 g/mol. The van der Waals surface area contributed by atoms with Gasteiger partial charge < -0.3 is 5.11 Å². The highest BCUT2D eigenvalue weighted by molar-refractivity contribution is 5.39. The Bertz CT molecular complexity index is 321. The van der Waals surface area contributed by atoms with Crippen LogP contribution in [0.15, 0.2) is 0 Å². The molecule has 1 N–H and O–H groups in total. The van der Waals surface area contributed by atoms with Crippen LogP contribution in [0.1, 0.15) is 46.0 Å². The minimum absolute atomic E-state index is 0.0491. The van der Waals surface area contributed by atoms with Gasteiger partial charge in [-0.1, -0.05) is 20.3 Å². The Kier molecular flexibility index (Phi) is 1.06. The van der Waals surface area contributed by atoms with Crippen LogP contribution in [0.2, 0.25) is 0 Å². The predicted octanol–water partition coefficient (Wildman–Crippen LogP) is 2.58. The Balaban J connectivity index is 1.89. The van der Waals surface area contributed by atoms with Crippen LogP contribution in [0.3, 0.4) is 0 Å². The SMILES string of the molecule is CC1(C)C2C34C[C@H]1C[C@]23CCC[C@@H]4O. The summed E-state index contributed by atoms with van der Waals surface area (Å²) in [6.45, 7) is 4.91. The quantitative estimate of drug-likeness (QED) is 0.625. The van der Waals surface area contributed by atoms with Crippen LogP contribution in [0.5, 0.6) is 0 Å². The Morgan fingerprint density at radius 2 is 2.00 bits per heavy atom. The van der Waals surface area contributed by atoms with Gasteiger partial charge in [0.1, 0.15) is 0 Å². The second-order valence-corrected chi connectivity index (χ2v) is 6.96. The van der Waals surface area contributed by atoms with Crippen LogP contribution in [0.25, 0.3) is 0 Å². The van der Waals surface area contributed by atoms with Crippen LogP contribution < -0.4 is 0 Å². The topological polar surface area (TPSA) is 20.2 Å². The summed E-state index contributed by atoms with van der Waals surface area (Å²) in [7, 11) is 0. The number of aliphatic hydroxyl groups excluding tert-OH is 1. The fourth-order valence-electron chi connectivity index (χ4n) is 6.39. The maximum atomic E-state index is 10.3. The van der Waals surface area contributed by atoms with Gasteiger partial charge in [-0.05, 0) is 48.3 Å². The molecule has 2 unspecified atom stereocenters. The largest absolute Gasteiger partial charge is 0.393 e. The van der Waals surface area contributed by atoms with Gasteiger partial charge in [-0.25, -0.2) is 0 Å². The third-order valence-electron chi connectivity index (χ3n) is 6.60. The zero-order valence-electron chi connectivity index (χ0n) is 9.21. The summed E-state index contributed by atoms with van der Waals surface area (Å²) in [6.07, 6.45) is 6.64. The molecule has 0 aromatic carbocycles. The fourth-order valence-corrected chi connectivity index (χ4v) is 6.39. The summed E-state index contributed by atoms with van der Waals surface area (Å²) in [5.74, 6) is 1.81. The maximum absolute atomic E-state index is 10.3. The van der Waals surface area contributed by atoms with Gasteiger partial charge >= 0.3 is 0 Å². The van der Waals surface area contributed by atoms with Gasteiger partial charge in [0.2, 0.25) is 0 Å². The standard InChI is InChI=1S/C13H20O/c1-11(2)8-6-12-5-3-4-9(14)13(12,7-8)10(11)12/h8-10,14H,3-7H2,1-2H3/t8-,9+,10?,12-,13?/m1/s1. The Hall–Kier alpha value is -0.0400. The first-order valence-corrected chi connectivity index (χ1v) is 6.24. The summed E-state index contributed by atoms with van der Waals surface area (Å²) in [4.78, 5) is 0. The molecule has 0 heterocycles. The van der Waals surface area contributed by atoms with Crippen LogP contribution in [-0.4, -0.2) is 11.2 Å². The summed E-state index contributed by atoms with van der Waals surface area (Å²) >= 11 is 0. The summed E-state index contributed by atoms with van der Waals surface area (Å²) in [6, 6.07) is 0. The van der Waals surface area contributed by atoms with Crippen LogP contribution in [-0.2, 0) is 0 Å². The molecule has 0 amide bonds. The molecule has 0 saturated heterocycles. The van der Waals surface area contributed by atoms with Crippen LogP contribution >= 0.6 is 0 Å². The van der Waals surface area contributed by atoms with Crippen molar-refractivity contribution in [2.75, 3.05) is 0 Å². The number of rotatable bonds is 0. The van der Waals surface area contributed by atoms with Crippen LogP contribution in [0.4, 0.5) is 0 Å². The molecule has 14 heavy (non-hydrogen) atoms. The van der Waals surface area contributed by atoms with Gasteiger partial charge in [0.25, 0.3) is 0 Å². The van der Waals surface area contributed by atoms with E-state index in [4.69, 9.17) is 0 Å². The van der Waals surface area contributed by atoms with E-state index in [0.717, 1.165) is 18.3 Å². The van der Waals surface area contributed by atoms with Gasteiger partial charge in [0.15, 0.2) is 0 Å². The van der Waals surface area contributed by atoms with E-state index in [1.807, 2.05) is 0 Å². The molecule has 2 spiro atoms. The van der Waals surface area contributed by atoms with E-state index in [1.54, 1.807) is 0 Å². The van der Waals surface area contributed by atoms with Crippen molar-refractivity contribution in [2.24, 2.45) is 28.1 Å². The molecule has 5 saturated carbocycles. The van der Waals surface area contributed by atoms with E-state index < -0.39 is 0 Å². The fraction of sp³-hybridized carbons (Fsp3) is 1.00. The van der Waals surface area contributed by atoms with Crippen molar-refractivity contribution in [1.29, 1.82) is 0 Å². The molecular formula is C13H20O. The second-order valence-electron chi connectivity index (χ2n) is 6.96. The molecule has 5 aliphatic carbocycles. The summed E-state index contributed by atoms with van der Waals surface area (Å²) in [5.41, 5.74) is 1.59. The van der Waals surface area contributed by atoms with Crippen molar-refractivity contribution in [3.8, 4) is 0 Å². The molecule has 0 radical (unpaired) electrons. The molecule has 5 aliphatic rings. The van der Waals surface area contributed by atoms with Crippen LogP contribution in [0, 0.1) is 28.1 Å². The maximum Gasteiger partial charge on any atom is 0.0605 e. The van der Waals surface area contributed by atoms with Crippen molar-refractivity contribution in [3.63, 3.8) is 0 Å². The van der Waals surface area contributed by atoms with Crippen molar-refractivity contribution in [1.82, 2.24) is 0 Å². The third-order valence-corrected chi connectivity index (χ3v) is 6.60. The zero-order chi connectivity index (χ0) is 9.77. The molecule has 1 nitrogen and oxygen atoms in total. The van der Waals surface area contributed by atoms with Crippen molar-refractivity contribution in [3.05, 3.63) is 0 Å². The van der Waals surface area contributed by atoms with E-state index in [9.17, 15) is 5.11 Å². The first-order valence-electron chi connectivity index (χ1n) is 6.24. The van der Waals surface area contributed by atoms with E-state index in [-0.39, 0.29) is 6.10 Å². The molecule has 0 aromatic rings. The second kappa shape index (κ2) is 1.81. The predicted molar refractivity (Wildman–Crippen MR) is 54.7 cm³/mol. The van der Waals surface area contributed by atoms with Crippen molar-refractivity contribution in [2.45, 2.75) is 52.1 Å². The third kappa shape index (κ3) is 0.493. The van der Waals surface area contributed by atoms with E-state index in [0.29, 0.717) is 16.2 Å². The average molecular weight is 192 g/mol. The zero-order valence-corrected chi connectivity index (χ0v) is 9.21. The monoisotopic (exact) mass is 192 g/mol. The van der Waals surface area contributed by atoms with Gasteiger partial charge in [0, 0.05) is 5.41 Å². The minimum Gasteiger partial charge on any atom is -0.393 e. The van der Waals surface area contributed by atoms with E-state index >= 15 is 0 Å². The highest BCUT2D eigenvalue weighted by atomic mass is 16.3. The van der Waals surface area contributed by atoms with E-state index in [1.165, 1.54) is 25.7 Å². The molecule has 5 atom stereocenters. The summed E-state index contributed by atoms with van der Waals surface area (Å²) < 4.78 is 0. The molecule has 0 aromatic heterocycles.